The van der Waals surface area contributed by atoms with Crippen molar-refractivity contribution >= 4 is 27.3 Å². The summed E-state index contributed by atoms with van der Waals surface area (Å²) in [5.41, 5.74) is 7.25. The van der Waals surface area contributed by atoms with E-state index in [9.17, 15) is 9.00 Å². The van der Waals surface area contributed by atoms with E-state index in [1.165, 1.54) is 0 Å². The Kier molecular flexibility index (Phi) is 5.98. The number of nitrogens with two attached hydrogens (primary N) is 1. The van der Waals surface area contributed by atoms with Crippen molar-refractivity contribution in [2.45, 2.75) is 25.8 Å². The lowest BCUT2D eigenvalue weighted by Gasteiger charge is -2.11. The first kappa shape index (κ1) is 16.9. The number of nitrogens with one attached hydrogen (secondary N) is 1. The average Bonchev–Trinajstić information content (AvgIpc) is 2.37. The van der Waals surface area contributed by atoms with Crippen molar-refractivity contribution in [1.82, 2.24) is 0 Å². The SMILES string of the molecule is Cc1ccc(Cl)c(CCS(=N)(=O)CC[C@H](N)C(=O)O)c1. The molecule has 0 amide bonds. The fourth-order valence-electron chi connectivity index (χ4n) is 1.71. The normalized spacial score (nSPS) is 15.6. The Morgan fingerprint density at radius 1 is 1.50 bits per heavy atom. The Balaban J connectivity index is 2.59. The predicted molar refractivity (Wildman–Crippen MR) is 80.7 cm³/mol. The van der Waals surface area contributed by atoms with Gasteiger partial charge in [0.1, 0.15) is 6.04 Å². The minimum Gasteiger partial charge on any atom is -0.480 e. The molecule has 0 aliphatic carbocycles. The predicted octanol–water partition coefficient (Wildman–Crippen LogP) is 2.04. The number of hydrogen-bond acceptors (Lipinski definition) is 4. The summed E-state index contributed by atoms with van der Waals surface area (Å²) in [6, 6.07) is 4.50. The Labute approximate surface area is 124 Å². The van der Waals surface area contributed by atoms with Gasteiger partial charge in [-0.3, -0.25) is 9.57 Å². The van der Waals surface area contributed by atoms with Crippen LogP contribution in [0.25, 0.3) is 0 Å². The molecule has 1 aromatic carbocycles. The Morgan fingerprint density at radius 2 is 2.15 bits per heavy atom. The fraction of sp³-hybridized carbons (Fsp3) is 0.462. The zero-order chi connectivity index (χ0) is 15.3. The van der Waals surface area contributed by atoms with Gasteiger partial charge in [-0.15, -0.1) is 0 Å². The van der Waals surface area contributed by atoms with Gasteiger partial charge in [0, 0.05) is 26.3 Å². The molecule has 112 valence electrons. The third-order valence-corrected chi connectivity index (χ3v) is 5.11. The summed E-state index contributed by atoms with van der Waals surface area (Å²) in [7, 11) is -2.84. The lowest BCUT2D eigenvalue weighted by molar-refractivity contribution is -0.138. The van der Waals surface area contributed by atoms with E-state index in [0.29, 0.717) is 11.4 Å². The van der Waals surface area contributed by atoms with Crippen molar-refractivity contribution in [3.8, 4) is 0 Å². The summed E-state index contributed by atoms with van der Waals surface area (Å²) < 4.78 is 19.8. The van der Waals surface area contributed by atoms with E-state index in [1.54, 1.807) is 6.07 Å². The molecule has 1 unspecified atom stereocenters. The minimum absolute atomic E-state index is 0.0100. The number of carbonyl (C=O) groups is 1. The molecule has 0 aromatic heterocycles. The molecule has 0 radical (unpaired) electrons. The van der Waals surface area contributed by atoms with Gasteiger partial charge in [-0.1, -0.05) is 29.3 Å². The second kappa shape index (κ2) is 7.06. The van der Waals surface area contributed by atoms with Crippen LogP contribution in [0.3, 0.4) is 0 Å². The number of rotatable bonds is 7. The van der Waals surface area contributed by atoms with Crippen LogP contribution >= 0.6 is 11.6 Å². The molecule has 1 aromatic rings. The van der Waals surface area contributed by atoms with Gasteiger partial charge in [0.15, 0.2) is 0 Å². The highest BCUT2D eigenvalue weighted by molar-refractivity contribution is 7.92. The topological polar surface area (TPSA) is 104 Å². The maximum absolute atomic E-state index is 12.1. The van der Waals surface area contributed by atoms with E-state index in [4.69, 9.17) is 27.2 Å². The molecule has 4 N–H and O–H groups in total. The number of benzene rings is 1. The van der Waals surface area contributed by atoms with E-state index in [1.807, 2.05) is 19.1 Å². The number of halogens is 1. The Hall–Kier alpha value is -1.11. The molecule has 1 rings (SSSR count). The highest BCUT2D eigenvalue weighted by Gasteiger charge is 2.15. The van der Waals surface area contributed by atoms with Gasteiger partial charge in [-0.25, -0.2) is 4.21 Å². The maximum Gasteiger partial charge on any atom is 0.320 e. The van der Waals surface area contributed by atoms with Crippen molar-refractivity contribution in [3.63, 3.8) is 0 Å². The van der Waals surface area contributed by atoms with Crippen molar-refractivity contribution in [1.29, 1.82) is 4.78 Å². The molecule has 0 bridgehead atoms. The summed E-state index contributed by atoms with van der Waals surface area (Å²) in [6.07, 6.45) is 0.477. The van der Waals surface area contributed by atoms with Gasteiger partial charge in [0.05, 0.1) is 0 Å². The summed E-state index contributed by atoms with van der Waals surface area (Å²) >= 11 is 6.04. The molecule has 0 aliphatic heterocycles. The lowest BCUT2D eigenvalue weighted by Crippen LogP contribution is -2.32. The largest absolute Gasteiger partial charge is 0.480 e. The van der Waals surface area contributed by atoms with E-state index in [2.05, 4.69) is 0 Å². The van der Waals surface area contributed by atoms with Crippen molar-refractivity contribution < 1.29 is 14.1 Å². The highest BCUT2D eigenvalue weighted by atomic mass is 35.5. The van der Waals surface area contributed by atoms with Gasteiger partial charge in [0.2, 0.25) is 0 Å². The Morgan fingerprint density at radius 3 is 2.75 bits per heavy atom. The van der Waals surface area contributed by atoms with Crippen LogP contribution in [0, 0.1) is 11.7 Å². The molecule has 0 saturated carbocycles. The van der Waals surface area contributed by atoms with E-state index in [0.717, 1.165) is 11.1 Å². The molecule has 0 spiro atoms. The molecular weight excluding hydrogens is 300 g/mol. The van der Waals surface area contributed by atoms with Gasteiger partial charge in [0.25, 0.3) is 0 Å². The van der Waals surface area contributed by atoms with Crippen molar-refractivity contribution in [3.05, 3.63) is 34.3 Å². The summed E-state index contributed by atoms with van der Waals surface area (Å²) in [5.74, 6) is -0.992. The second-order valence-corrected chi connectivity index (χ2v) is 7.65. The number of aryl methyl sites for hydroxylation is 2. The van der Waals surface area contributed by atoms with Crippen LogP contribution in [-0.2, 0) is 20.9 Å². The lowest BCUT2D eigenvalue weighted by atomic mass is 10.1. The molecule has 2 atom stereocenters. The molecule has 20 heavy (non-hydrogen) atoms. The molecule has 5 nitrogen and oxygen atoms in total. The Bertz CT molecular complexity index is 587. The van der Waals surface area contributed by atoms with E-state index in [-0.39, 0.29) is 17.9 Å². The van der Waals surface area contributed by atoms with Crippen LogP contribution in [0.2, 0.25) is 5.02 Å². The highest BCUT2D eigenvalue weighted by Crippen LogP contribution is 2.18. The maximum atomic E-state index is 12.1. The standard InChI is InChI=1S/C13H19ClN2O3S/c1-9-2-3-11(14)10(8-9)4-6-20(16,19)7-5-12(15)13(17)18/h2-3,8,12,16H,4-7,15H2,1H3,(H,17,18)/t12-,20?/m0/s1. The zero-order valence-corrected chi connectivity index (χ0v) is 12.8. The number of carboxylic acids is 1. The molecular formula is C13H19ClN2O3S. The van der Waals surface area contributed by atoms with E-state index < -0.39 is 21.7 Å². The first-order chi connectivity index (χ1) is 9.21. The molecule has 7 heteroatoms. The first-order valence-electron chi connectivity index (χ1n) is 6.19. The van der Waals surface area contributed by atoms with Gasteiger partial charge in [-0.05, 0) is 31.4 Å². The molecule has 0 heterocycles. The van der Waals surface area contributed by atoms with Crippen LogP contribution in [0.1, 0.15) is 17.5 Å². The fourth-order valence-corrected chi connectivity index (χ4v) is 3.31. The minimum atomic E-state index is -2.84. The van der Waals surface area contributed by atoms with Gasteiger partial charge >= 0.3 is 5.97 Å². The second-order valence-electron chi connectivity index (χ2n) is 4.80. The van der Waals surface area contributed by atoms with Crippen LogP contribution in [0.5, 0.6) is 0 Å². The summed E-state index contributed by atoms with van der Waals surface area (Å²) in [5, 5.41) is 9.25. The van der Waals surface area contributed by atoms with E-state index >= 15 is 0 Å². The van der Waals surface area contributed by atoms with Gasteiger partial charge < -0.3 is 10.8 Å². The monoisotopic (exact) mass is 318 g/mol. The van der Waals surface area contributed by atoms with Crippen LogP contribution < -0.4 is 5.73 Å². The van der Waals surface area contributed by atoms with Gasteiger partial charge in [-0.2, -0.15) is 0 Å². The quantitative estimate of drug-likeness (QED) is 0.715. The van der Waals surface area contributed by atoms with Crippen LogP contribution in [-0.4, -0.2) is 32.8 Å². The summed E-state index contributed by atoms with van der Waals surface area (Å²) in [6.45, 7) is 1.93. The molecule has 0 saturated heterocycles. The third kappa shape index (κ3) is 5.48. The van der Waals surface area contributed by atoms with Crippen LogP contribution in [0.15, 0.2) is 18.2 Å². The first-order valence-corrected chi connectivity index (χ1v) is 8.46. The smallest absolute Gasteiger partial charge is 0.320 e. The third-order valence-electron chi connectivity index (χ3n) is 2.98. The summed E-state index contributed by atoms with van der Waals surface area (Å²) in [4.78, 5) is 10.6. The average molecular weight is 319 g/mol. The number of carboxylic acid groups (broad SMARTS) is 1. The molecule has 0 fully saturated rings. The molecule has 0 aliphatic rings. The van der Waals surface area contributed by atoms with Crippen LogP contribution in [0.4, 0.5) is 0 Å². The number of aliphatic carboxylic acids is 1. The number of hydrogen-bond donors (Lipinski definition) is 3. The van der Waals surface area contributed by atoms with Crippen molar-refractivity contribution in [2.75, 3.05) is 11.5 Å². The van der Waals surface area contributed by atoms with Crippen molar-refractivity contribution in [2.24, 2.45) is 5.73 Å². The zero-order valence-electron chi connectivity index (χ0n) is 11.3.